The minimum Gasteiger partial charge on any atom is -0.0622 e. The van der Waals surface area contributed by atoms with Crippen LogP contribution in [-0.2, 0) is 5.41 Å². The van der Waals surface area contributed by atoms with Crippen LogP contribution < -0.4 is 0 Å². The van der Waals surface area contributed by atoms with Gasteiger partial charge in [-0.25, -0.2) is 0 Å². The summed E-state index contributed by atoms with van der Waals surface area (Å²) in [5.41, 5.74) is 13.7. The Balaban J connectivity index is 1.60. The van der Waals surface area contributed by atoms with E-state index >= 15 is 0 Å². The van der Waals surface area contributed by atoms with E-state index < -0.39 is 0 Å². The van der Waals surface area contributed by atoms with Gasteiger partial charge in [0.25, 0.3) is 0 Å². The second kappa shape index (κ2) is 10.8. The predicted molar refractivity (Wildman–Crippen MR) is 172 cm³/mol. The van der Waals surface area contributed by atoms with Crippen LogP contribution in [0.15, 0.2) is 152 Å². The summed E-state index contributed by atoms with van der Waals surface area (Å²) in [5.74, 6) is 0. The molecule has 0 saturated heterocycles. The lowest BCUT2D eigenvalue weighted by molar-refractivity contribution is 0.590. The minimum absolute atomic E-state index is 0.0796. The highest BCUT2D eigenvalue weighted by atomic mass is 14.2. The highest BCUT2D eigenvalue weighted by Gasteiger charge is 2.16. The summed E-state index contributed by atoms with van der Waals surface area (Å²) >= 11 is 0. The Kier molecular flexibility index (Phi) is 6.93. The van der Waals surface area contributed by atoms with Gasteiger partial charge in [0.1, 0.15) is 0 Å². The monoisotopic (exact) mass is 514 g/mol. The molecule has 0 bridgehead atoms. The first-order valence-electron chi connectivity index (χ1n) is 14.0. The molecule has 0 fully saturated rings. The zero-order chi connectivity index (χ0) is 27.5. The summed E-state index contributed by atoms with van der Waals surface area (Å²) in [6.07, 6.45) is 0. The van der Waals surface area contributed by atoms with E-state index in [1.165, 1.54) is 61.2 Å². The highest BCUT2D eigenvalue weighted by molar-refractivity contribution is 5.91. The molecule has 0 radical (unpaired) electrons. The largest absolute Gasteiger partial charge is 0.0622 e. The summed E-state index contributed by atoms with van der Waals surface area (Å²) in [6.45, 7) is 6.83. The maximum absolute atomic E-state index is 2.36. The molecule has 6 aromatic rings. The molecule has 0 nitrogen and oxygen atoms in total. The topological polar surface area (TPSA) is 0 Å². The minimum atomic E-state index is 0.0796. The van der Waals surface area contributed by atoms with Crippen LogP contribution in [0.3, 0.4) is 0 Å². The van der Waals surface area contributed by atoms with Crippen molar-refractivity contribution in [2.75, 3.05) is 0 Å². The Hall–Kier alpha value is -4.68. The fourth-order valence-corrected chi connectivity index (χ4v) is 5.48. The Morgan fingerprint density at radius 3 is 1.12 bits per heavy atom. The molecular formula is C40H34. The van der Waals surface area contributed by atoms with Gasteiger partial charge in [-0.3, -0.25) is 0 Å². The van der Waals surface area contributed by atoms with E-state index in [2.05, 4.69) is 172 Å². The van der Waals surface area contributed by atoms with Crippen LogP contribution in [0.4, 0.5) is 0 Å². The SMILES string of the molecule is CC(C)(C)c1cccc(-c2cc(-c3ccccc3-c3ccccc3)cc(-c3ccccc3-c3ccccc3)c2)c1. The molecule has 6 rings (SSSR count). The van der Waals surface area contributed by atoms with Crippen LogP contribution in [0.5, 0.6) is 0 Å². The van der Waals surface area contributed by atoms with Crippen LogP contribution >= 0.6 is 0 Å². The van der Waals surface area contributed by atoms with Crippen molar-refractivity contribution in [2.24, 2.45) is 0 Å². The van der Waals surface area contributed by atoms with Crippen molar-refractivity contribution in [3.8, 4) is 55.6 Å². The third kappa shape index (κ3) is 5.26. The average molecular weight is 515 g/mol. The first-order chi connectivity index (χ1) is 19.5. The van der Waals surface area contributed by atoms with E-state index in [4.69, 9.17) is 0 Å². The molecule has 0 heteroatoms. The molecule has 0 heterocycles. The third-order valence-corrected chi connectivity index (χ3v) is 7.64. The van der Waals surface area contributed by atoms with Crippen molar-refractivity contribution >= 4 is 0 Å². The maximum atomic E-state index is 2.36. The molecule has 0 spiro atoms. The molecule has 0 aromatic heterocycles. The van der Waals surface area contributed by atoms with E-state index in [0.717, 1.165) is 0 Å². The summed E-state index contributed by atoms with van der Waals surface area (Å²) in [6, 6.07) is 55.0. The summed E-state index contributed by atoms with van der Waals surface area (Å²) in [7, 11) is 0. The van der Waals surface area contributed by atoms with Crippen molar-refractivity contribution < 1.29 is 0 Å². The van der Waals surface area contributed by atoms with Gasteiger partial charge in [0.05, 0.1) is 0 Å². The molecular weight excluding hydrogens is 480 g/mol. The van der Waals surface area contributed by atoms with Gasteiger partial charge in [-0.15, -0.1) is 0 Å². The van der Waals surface area contributed by atoms with Gasteiger partial charge in [-0.2, -0.15) is 0 Å². The quantitative estimate of drug-likeness (QED) is 0.215. The molecule has 194 valence electrons. The van der Waals surface area contributed by atoms with Gasteiger partial charge >= 0.3 is 0 Å². The maximum Gasteiger partial charge on any atom is -0.0105 e. The Bertz CT molecular complexity index is 1650. The summed E-state index contributed by atoms with van der Waals surface area (Å²) in [4.78, 5) is 0. The molecule has 0 amide bonds. The first kappa shape index (κ1) is 25.6. The Labute approximate surface area is 238 Å². The van der Waals surface area contributed by atoms with E-state index in [1.807, 2.05) is 0 Å². The molecule has 0 atom stereocenters. The van der Waals surface area contributed by atoms with Gasteiger partial charge in [-0.05, 0) is 84.8 Å². The molecule has 6 aromatic carbocycles. The van der Waals surface area contributed by atoms with Crippen LogP contribution in [0.2, 0.25) is 0 Å². The summed E-state index contributed by atoms with van der Waals surface area (Å²) < 4.78 is 0. The smallest absolute Gasteiger partial charge is 0.0105 e. The molecule has 0 aliphatic heterocycles. The Morgan fingerprint density at radius 1 is 0.300 bits per heavy atom. The zero-order valence-corrected chi connectivity index (χ0v) is 23.4. The van der Waals surface area contributed by atoms with Gasteiger partial charge in [0, 0.05) is 0 Å². The van der Waals surface area contributed by atoms with Crippen molar-refractivity contribution in [3.63, 3.8) is 0 Å². The highest BCUT2D eigenvalue weighted by Crippen LogP contribution is 2.40. The van der Waals surface area contributed by atoms with Crippen molar-refractivity contribution in [1.82, 2.24) is 0 Å². The van der Waals surface area contributed by atoms with Crippen molar-refractivity contribution in [1.29, 1.82) is 0 Å². The second-order valence-corrected chi connectivity index (χ2v) is 11.5. The van der Waals surface area contributed by atoms with E-state index in [-0.39, 0.29) is 5.41 Å². The molecule has 0 aliphatic carbocycles. The second-order valence-electron chi connectivity index (χ2n) is 11.5. The van der Waals surface area contributed by atoms with Gasteiger partial charge in [-0.1, -0.05) is 154 Å². The van der Waals surface area contributed by atoms with E-state index in [0.29, 0.717) is 0 Å². The molecule has 40 heavy (non-hydrogen) atoms. The molecule has 0 N–H and O–H groups in total. The fourth-order valence-electron chi connectivity index (χ4n) is 5.48. The lowest BCUT2D eigenvalue weighted by Crippen LogP contribution is -2.10. The van der Waals surface area contributed by atoms with Crippen LogP contribution in [-0.4, -0.2) is 0 Å². The van der Waals surface area contributed by atoms with Gasteiger partial charge < -0.3 is 0 Å². The normalized spacial score (nSPS) is 11.4. The number of rotatable bonds is 5. The molecule has 0 saturated carbocycles. The summed E-state index contributed by atoms with van der Waals surface area (Å²) in [5, 5.41) is 0. The van der Waals surface area contributed by atoms with Gasteiger partial charge in [0.15, 0.2) is 0 Å². The van der Waals surface area contributed by atoms with Crippen molar-refractivity contribution in [2.45, 2.75) is 26.2 Å². The van der Waals surface area contributed by atoms with E-state index in [9.17, 15) is 0 Å². The molecule has 0 unspecified atom stereocenters. The lowest BCUT2D eigenvalue weighted by Gasteiger charge is -2.20. The van der Waals surface area contributed by atoms with Gasteiger partial charge in [0.2, 0.25) is 0 Å². The third-order valence-electron chi connectivity index (χ3n) is 7.64. The van der Waals surface area contributed by atoms with Crippen LogP contribution in [0, 0.1) is 0 Å². The standard InChI is InChI=1S/C40H34/c1-40(2,3)35-20-14-19-31(28-35)32-25-33(38-23-12-10-21-36(38)29-15-6-4-7-16-29)27-34(26-32)39-24-13-11-22-37(39)30-17-8-5-9-18-30/h4-28H,1-3H3. The fraction of sp³-hybridized carbons (Fsp3) is 0.100. The van der Waals surface area contributed by atoms with Crippen LogP contribution in [0.25, 0.3) is 55.6 Å². The average Bonchev–Trinajstić information content (AvgIpc) is 3.01. The first-order valence-corrected chi connectivity index (χ1v) is 14.0. The predicted octanol–water partition coefficient (Wildman–Crippen LogP) is 11.3. The van der Waals surface area contributed by atoms with Crippen molar-refractivity contribution in [3.05, 3.63) is 157 Å². The molecule has 0 aliphatic rings. The van der Waals surface area contributed by atoms with Crippen LogP contribution in [0.1, 0.15) is 26.3 Å². The number of hydrogen-bond acceptors (Lipinski definition) is 0. The van der Waals surface area contributed by atoms with E-state index in [1.54, 1.807) is 0 Å². The Morgan fingerprint density at radius 2 is 0.675 bits per heavy atom. The number of benzene rings is 6. The zero-order valence-electron chi connectivity index (χ0n) is 23.4. The lowest BCUT2D eigenvalue weighted by atomic mass is 9.84. The number of hydrogen-bond donors (Lipinski definition) is 0.